The minimum atomic E-state index is -0.283. The minimum absolute atomic E-state index is 0.283. The molecule has 172 valence electrons. The summed E-state index contributed by atoms with van der Waals surface area (Å²) in [5.41, 5.74) is 2.04. The third-order valence-corrected chi connectivity index (χ3v) is 4.92. The molecule has 0 aliphatic heterocycles. The lowest BCUT2D eigenvalue weighted by Crippen LogP contribution is -2.05. The second-order valence-electron chi connectivity index (χ2n) is 7.85. The molecule has 0 fully saturated rings. The molecule has 0 unspecified atom stereocenters. The molecule has 0 aliphatic carbocycles. The Morgan fingerprint density at radius 1 is 0.781 bits per heavy atom. The van der Waals surface area contributed by atoms with Gasteiger partial charge < -0.3 is 9.47 Å². The van der Waals surface area contributed by atoms with Crippen molar-refractivity contribution in [3.05, 3.63) is 60.9 Å². The fraction of sp³-hybridized carbons (Fsp3) is 0.462. The number of rotatable bonds is 16. The molecule has 0 amide bonds. The largest absolute Gasteiger partial charge is 0.494 e. The van der Waals surface area contributed by atoms with Gasteiger partial charge in [0.25, 0.3) is 0 Å². The zero-order chi connectivity index (χ0) is 22.9. The zero-order valence-corrected chi connectivity index (χ0v) is 19.2. The summed E-state index contributed by atoms with van der Waals surface area (Å²) >= 11 is 0. The van der Waals surface area contributed by atoms with Crippen LogP contribution in [0.25, 0.3) is 0 Å². The van der Waals surface area contributed by atoms with Crippen molar-refractivity contribution in [3.63, 3.8) is 0 Å². The van der Waals surface area contributed by atoms with Crippen molar-refractivity contribution in [2.75, 3.05) is 13.2 Å². The maximum absolute atomic E-state index is 11.2. The van der Waals surface area contributed by atoms with Gasteiger partial charge >= 0.3 is 5.97 Å². The number of ether oxygens (including phenoxy) is 2. The Labute approximate surface area is 191 Å². The fourth-order valence-electron chi connectivity index (χ4n) is 3.05. The van der Waals surface area contributed by atoms with E-state index in [0.717, 1.165) is 43.0 Å². The Hall–Kier alpha value is -3.02. The van der Waals surface area contributed by atoms with Crippen LogP contribution in [-0.2, 0) is 9.53 Å². The van der Waals surface area contributed by atoms with Crippen molar-refractivity contribution in [3.8, 4) is 5.75 Å². The molecule has 0 radical (unpaired) electrons. The number of aromatic nitrogens is 1. The Morgan fingerprint density at radius 2 is 1.28 bits per heavy atom. The van der Waals surface area contributed by atoms with Gasteiger partial charge in [0.05, 0.1) is 24.6 Å². The highest BCUT2D eigenvalue weighted by atomic mass is 16.5. The van der Waals surface area contributed by atoms with Crippen molar-refractivity contribution in [2.24, 2.45) is 10.2 Å². The molecule has 0 spiro atoms. The molecule has 0 bridgehead atoms. The lowest BCUT2D eigenvalue weighted by molar-refractivity contribution is -0.139. The average Bonchev–Trinajstić information content (AvgIpc) is 2.82. The number of azo groups is 1. The number of esters is 1. The van der Waals surface area contributed by atoms with Crippen LogP contribution < -0.4 is 4.74 Å². The standard InChI is InChI=1S/C26H35N3O3/c1-22(2)26(30)32-21-11-9-7-5-3-4-6-8-10-20-31-25-14-12-23(13-15-25)28-29-24-16-18-27-19-17-24/h12-19H,1,3-11,20-21H2,2H3. The highest BCUT2D eigenvalue weighted by Crippen LogP contribution is 2.21. The maximum atomic E-state index is 11.2. The molecule has 2 aromatic rings. The van der Waals surface area contributed by atoms with E-state index < -0.39 is 0 Å². The smallest absolute Gasteiger partial charge is 0.333 e. The molecule has 0 saturated carbocycles. The summed E-state index contributed by atoms with van der Waals surface area (Å²) in [5.74, 6) is 0.580. The maximum Gasteiger partial charge on any atom is 0.333 e. The molecule has 6 nitrogen and oxygen atoms in total. The van der Waals surface area contributed by atoms with Crippen LogP contribution >= 0.6 is 0 Å². The van der Waals surface area contributed by atoms with Gasteiger partial charge in [0.15, 0.2) is 0 Å². The van der Waals surface area contributed by atoms with Crippen LogP contribution in [0.5, 0.6) is 5.75 Å². The van der Waals surface area contributed by atoms with Crippen LogP contribution in [-0.4, -0.2) is 24.2 Å². The highest BCUT2D eigenvalue weighted by molar-refractivity contribution is 5.86. The predicted molar refractivity (Wildman–Crippen MR) is 128 cm³/mol. The predicted octanol–water partition coefficient (Wildman–Crippen LogP) is 7.51. The van der Waals surface area contributed by atoms with E-state index in [9.17, 15) is 4.79 Å². The lowest BCUT2D eigenvalue weighted by atomic mass is 10.1. The van der Waals surface area contributed by atoms with E-state index in [1.807, 2.05) is 36.4 Å². The van der Waals surface area contributed by atoms with Gasteiger partial charge in [-0.25, -0.2) is 4.79 Å². The number of pyridine rings is 1. The van der Waals surface area contributed by atoms with Crippen molar-refractivity contribution in [1.29, 1.82) is 0 Å². The molecular weight excluding hydrogens is 402 g/mol. The Kier molecular flexibility index (Phi) is 12.4. The number of carbonyl (C=O) groups is 1. The molecule has 0 saturated heterocycles. The SMILES string of the molecule is C=C(C)C(=O)OCCCCCCCCCCCOc1ccc(N=Nc2ccncc2)cc1. The summed E-state index contributed by atoms with van der Waals surface area (Å²) in [4.78, 5) is 15.2. The van der Waals surface area contributed by atoms with Gasteiger partial charge in [-0.1, -0.05) is 51.5 Å². The Balaban J connectivity index is 1.42. The van der Waals surface area contributed by atoms with E-state index in [-0.39, 0.29) is 5.97 Å². The topological polar surface area (TPSA) is 73.1 Å². The second kappa shape index (κ2) is 15.7. The monoisotopic (exact) mass is 437 g/mol. The van der Waals surface area contributed by atoms with Crippen molar-refractivity contribution < 1.29 is 14.3 Å². The third kappa shape index (κ3) is 11.4. The van der Waals surface area contributed by atoms with Crippen LogP contribution in [0.1, 0.15) is 64.7 Å². The molecule has 0 N–H and O–H groups in total. The van der Waals surface area contributed by atoms with Gasteiger partial charge in [0.2, 0.25) is 0 Å². The highest BCUT2D eigenvalue weighted by Gasteiger charge is 2.02. The Morgan fingerprint density at radius 3 is 1.84 bits per heavy atom. The van der Waals surface area contributed by atoms with E-state index in [4.69, 9.17) is 9.47 Å². The molecule has 2 rings (SSSR count). The van der Waals surface area contributed by atoms with Crippen LogP contribution in [0.2, 0.25) is 0 Å². The summed E-state index contributed by atoms with van der Waals surface area (Å²) in [6.45, 7) is 6.49. The number of unbranched alkanes of at least 4 members (excludes halogenated alkanes) is 8. The van der Waals surface area contributed by atoms with Gasteiger partial charge in [-0.05, 0) is 56.2 Å². The fourth-order valence-corrected chi connectivity index (χ4v) is 3.05. The van der Waals surface area contributed by atoms with E-state index >= 15 is 0 Å². The second-order valence-corrected chi connectivity index (χ2v) is 7.85. The number of hydrogen-bond acceptors (Lipinski definition) is 6. The minimum Gasteiger partial charge on any atom is -0.494 e. The summed E-state index contributed by atoms with van der Waals surface area (Å²) in [5, 5.41) is 8.39. The number of nitrogens with zero attached hydrogens (tertiary/aromatic N) is 3. The lowest BCUT2D eigenvalue weighted by Gasteiger charge is -2.06. The first kappa shape index (κ1) is 25.2. The molecule has 32 heavy (non-hydrogen) atoms. The van der Waals surface area contributed by atoms with Crippen LogP contribution in [0.15, 0.2) is 71.2 Å². The first-order valence-electron chi connectivity index (χ1n) is 11.5. The third-order valence-electron chi connectivity index (χ3n) is 4.92. The molecular formula is C26H35N3O3. The molecule has 6 heteroatoms. The molecule has 0 atom stereocenters. The summed E-state index contributed by atoms with van der Waals surface area (Å²) in [6, 6.07) is 11.3. The molecule has 1 heterocycles. The number of benzene rings is 1. The van der Waals surface area contributed by atoms with Crippen molar-refractivity contribution in [1.82, 2.24) is 4.98 Å². The molecule has 1 aromatic heterocycles. The van der Waals surface area contributed by atoms with Crippen LogP contribution in [0.4, 0.5) is 11.4 Å². The zero-order valence-electron chi connectivity index (χ0n) is 19.2. The normalized spacial score (nSPS) is 10.9. The van der Waals surface area contributed by atoms with Gasteiger partial charge in [0, 0.05) is 18.0 Å². The Bertz CT molecular complexity index is 820. The first-order chi connectivity index (χ1) is 15.6. The van der Waals surface area contributed by atoms with Crippen LogP contribution in [0, 0.1) is 0 Å². The van der Waals surface area contributed by atoms with E-state index in [0.29, 0.717) is 12.2 Å². The molecule has 1 aromatic carbocycles. The number of hydrogen-bond donors (Lipinski definition) is 0. The quantitative estimate of drug-likeness (QED) is 0.118. The van der Waals surface area contributed by atoms with Crippen LogP contribution in [0.3, 0.4) is 0 Å². The summed E-state index contributed by atoms with van der Waals surface area (Å²) < 4.78 is 10.9. The summed E-state index contributed by atoms with van der Waals surface area (Å²) in [6.07, 6.45) is 13.9. The van der Waals surface area contributed by atoms with Crippen molar-refractivity contribution in [2.45, 2.75) is 64.7 Å². The summed E-state index contributed by atoms with van der Waals surface area (Å²) in [7, 11) is 0. The van der Waals surface area contributed by atoms with Gasteiger partial charge in [0.1, 0.15) is 5.75 Å². The van der Waals surface area contributed by atoms with E-state index in [1.54, 1.807) is 19.3 Å². The van der Waals surface area contributed by atoms with Gasteiger partial charge in [-0.15, -0.1) is 0 Å². The van der Waals surface area contributed by atoms with E-state index in [1.165, 1.54) is 38.5 Å². The first-order valence-corrected chi connectivity index (χ1v) is 11.5. The molecule has 0 aliphatic rings. The van der Waals surface area contributed by atoms with Gasteiger partial charge in [-0.3, -0.25) is 4.98 Å². The van der Waals surface area contributed by atoms with E-state index in [2.05, 4.69) is 21.8 Å². The van der Waals surface area contributed by atoms with Crippen molar-refractivity contribution >= 4 is 17.3 Å². The number of carbonyl (C=O) groups excluding carboxylic acids is 1. The average molecular weight is 438 g/mol. The van der Waals surface area contributed by atoms with Gasteiger partial charge in [-0.2, -0.15) is 10.2 Å².